The molecule has 5 heteroatoms. The van der Waals surface area contributed by atoms with Crippen molar-refractivity contribution in [3.05, 3.63) is 198 Å². The smallest absolute Gasteiger partial charge is 0.252 e. The van der Waals surface area contributed by atoms with E-state index in [1.165, 1.54) is 84.6 Å². The van der Waals surface area contributed by atoms with E-state index in [1.807, 2.05) is 6.07 Å². The largest absolute Gasteiger partial charge is 0.456 e. The minimum atomic E-state index is -0.0425. The van der Waals surface area contributed by atoms with Crippen LogP contribution in [0, 0.1) is 0 Å². The molecule has 0 atom stereocenters. The van der Waals surface area contributed by atoms with Gasteiger partial charge in [-0.3, -0.25) is 0 Å². The van der Waals surface area contributed by atoms with Crippen LogP contribution in [0.1, 0.15) is 103 Å². The summed E-state index contributed by atoms with van der Waals surface area (Å²) in [6.07, 6.45) is 4.62. The minimum absolute atomic E-state index is 0.00832. The first kappa shape index (κ1) is 44.7. The van der Waals surface area contributed by atoms with Gasteiger partial charge >= 0.3 is 0 Å². The highest BCUT2D eigenvalue weighted by Gasteiger charge is 2.47. The molecular formula is C70H61BN2O2. The molecule has 15 rings (SSSR count). The number of furan rings is 2. The molecule has 2 aliphatic carbocycles. The second-order valence-corrected chi connectivity index (χ2v) is 25.0. The van der Waals surface area contributed by atoms with Gasteiger partial charge in [0.2, 0.25) is 0 Å². The lowest BCUT2D eigenvalue weighted by atomic mass is 9.33. The van der Waals surface area contributed by atoms with Gasteiger partial charge in [0.15, 0.2) is 0 Å². The zero-order chi connectivity index (χ0) is 50.9. The van der Waals surface area contributed by atoms with Crippen LogP contribution < -0.4 is 26.2 Å². The highest BCUT2D eigenvalue weighted by molar-refractivity contribution is 7.00. The van der Waals surface area contributed by atoms with Crippen molar-refractivity contribution in [2.45, 2.75) is 103 Å². The Balaban J connectivity index is 1.05. The molecule has 0 amide bonds. The van der Waals surface area contributed by atoms with E-state index in [1.54, 1.807) is 0 Å². The number of hydrogen-bond donors (Lipinski definition) is 0. The lowest BCUT2D eigenvalue weighted by molar-refractivity contribution is 0.332. The number of benzene rings is 9. The molecule has 9 aromatic carbocycles. The highest BCUT2D eigenvalue weighted by atomic mass is 16.3. The molecule has 4 nitrogen and oxygen atoms in total. The molecule has 0 saturated heterocycles. The maximum Gasteiger partial charge on any atom is 0.252 e. The van der Waals surface area contributed by atoms with Crippen molar-refractivity contribution in [2.24, 2.45) is 0 Å². The van der Waals surface area contributed by atoms with Crippen molar-refractivity contribution in [1.82, 2.24) is 0 Å². The van der Waals surface area contributed by atoms with Crippen molar-refractivity contribution >= 4 is 101 Å². The topological polar surface area (TPSA) is 32.8 Å². The Labute approximate surface area is 440 Å². The molecule has 0 spiro atoms. The molecule has 4 aliphatic rings. The summed E-state index contributed by atoms with van der Waals surface area (Å²) >= 11 is 0. The molecule has 11 aromatic rings. The predicted octanol–water partition coefficient (Wildman–Crippen LogP) is 17.6. The van der Waals surface area contributed by atoms with E-state index in [4.69, 9.17) is 8.83 Å². The van der Waals surface area contributed by atoms with Crippen LogP contribution in [-0.2, 0) is 21.7 Å². The predicted molar refractivity (Wildman–Crippen MR) is 316 cm³/mol. The van der Waals surface area contributed by atoms with E-state index in [9.17, 15) is 0 Å². The molecule has 366 valence electrons. The fraction of sp³-hybridized carbons (Fsp3) is 0.229. The molecule has 75 heavy (non-hydrogen) atoms. The summed E-state index contributed by atoms with van der Waals surface area (Å²) < 4.78 is 12.8. The van der Waals surface area contributed by atoms with Crippen molar-refractivity contribution in [1.29, 1.82) is 0 Å². The lowest BCUT2D eigenvalue weighted by Crippen LogP contribution is -2.61. The second-order valence-electron chi connectivity index (χ2n) is 25.0. The molecule has 0 bridgehead atoms. The number of para-hydroxylation sites is 3. The van der Waals surface area contributed by atoms with Gasteiger partial charge in [-0.2, -0.15) is 0 Å². The first-order chi connectivity index (χ1) is 36.1. The van der Waals surface area contributed by atoms with Crippen LogP contribution in [0.5, 0.6) is 0 Å². The van der Waals surface area contributed by atoms with Gasteiger partial charge in [-0.25, -0.2) is 0 Å². The van der Waals surface area contributed by atoms with Crippen LogP contribution in [0.3, 0.4) is 0 Å². The van der Waals surface area contributed by atoms with Gasteiger partial charge in [-0.1, -0.05) is 146 Å². The Morgan fingerprint density at radius 2 is 0.787 bits per heavy atom. The van der Waals surface area contributed by atoms with Gasteiger partial charge in [-0.05, 0) is 193 Å². The molecule has 0 saturated carbocycles. The van der Waals surface area contributed by atoms with Gasteiger partial charge in [0.1, 0.15) is 22.3 Å². The summed E-state index contributed by atoms with van der Waals surface area (Å²) in [5, 5.41) is 4.53. The normalized spacial score (nSPS) is 17.5. The van der Waals surface area contributed by atoms with Gasteiger partial charge in [0.25, 0.3) is 6.71 Å². The van der Waals surface area contributed by atoms with Crippen LogP contribution in [0.15, 0.2) is 185 Å². The minimum Gasteiger partial charge on any atom is -0.456 e. The van der Waals surface area contributed by atoms with Gasteiger partial charge < -0.3 is 18.6 Å². The summed E-state index contributed by atoms with van der Waals surface area (Å²) in [7, 11) is 0. The Hall–Kier alpha value is -7.76. The summed E-state index contributed by atoms with van der Waals surface area (Å²) in [5.74, 6) is 0. The molecule has 2 aromatic heterocycles. The van der Waals surface area contributed by atoms with Crippen LogP contribution in [-0.4, -0.2) is 6.71 Å². The fourth-order valence-corrected chi connectivity index (χ4v) is 14.1. The molecule has 2 aliphatic heterocycles. The summed E-state index contributed by atoms with van der Waals surface area (Å²) in [4.78, 5) is 5.26. The number of rotatable bonds is 4. The van der Waals surface area contributed by atoms with E-state index < -0.39 is 0 Å². The zero-order valence-corrected chi connectivity index (χ0v) is 44.4. The van der Waals surface area contributed by atoms with Crippen LogP contribution in [0.25, 0.3) is 66.1 Å². The third kappa shape index (κ3) is 6.55. The summed E-state index contributed by atoms with van der Waals surface area (Å²) in [6.45, 7) is 19.7. The highest BCUT2D eigenvalue weighted by Crippen LogP contribution is 2.53. The summed E-state index contributed by atoms with van der Waals surface area (Å²) in [5.41, 5.74) is 25.6. The average Bonchev–Trinajstić information content (AvgIpc) is 4.11. The molecule has 4 heterocycles. The lowest BCUT2D eigenvalue weighted by Gasteiger charge is -2.48. The van der Waals surface area contributed by atoms with Gasteiger partial charge in [0, 0.05) is 55.7 Å². The summed E-state index contributed by atoms with van der Waals surface area (Å²) in [6, 6.07) is 66.5. The Bertz CT molecular complexity index is 4230. The monoisotopic (exact) mass is 972 g/mol. The van der Waals surface area contributed by atoms with E-state index in [0.717, 1.165) is 80.0 Å². The quantitative estimate of drug-likeness (QED) is 0.165. The number of nitrogens with zero attached hydrogens (tertiary/aromatic N) is 2. The number of anilines is 6. The van der Waals surface area contributed by atoms with Crippen LogP contribution >= 0.6 is 0 Å². The third-order valence-electron chi connectivity index (χ3n) is 18.6. The zero-order valence-electron chi connectivity index (χ0n) is 44.4. The van der Waals surface area contributed by atoms with Crippen molar-refractivity contribution < 1.29 is 8.83 Å². The van der Waals surface area contributed by atoms with E-state index in [0.29, 0.717) is 0 Å². The molecule has 0 N–H and O–H groups in total. The number of hydrogen-bond acceptors (Lipinski definition) is 4. The average molecular weight is 973 g/mol. The number of fused-ring (bicyclic) bond motifs is 12. The van der Waals surface area contributed by atoms with E-state index in [-0.39, 0.29) is 28.4 Å². The Morgan fingerprint density at radius 3 is 1.40 bits per heavy atom. The van der Waals surface area contributed by atoms with E-state index in [2.05, 4.69) is 235 Å². The maximum atomic E-state index is 6.45. The molecule has 0 radical (unpaired) electrons. The molecular weight excluding hydrogens is 912 g/mol. The Morgan fingerprint density at radius 1 is 0.333 bits per heavy atom. The second kappa shape index (κ2) is 15.4. The van der Waals surface area contributed by atoms with E-state index >= 15 is 0 Å². The first-order valence-electron chi connectivity index (χ1n) is 27.3. The molecule has 0 fully saturated rings. The van der Waals surface area contributed by atoms with Crippen molar-refractivity contribution in [3.63, 3.8) is 0 Å². The third-order valence-corrected chi connectivity index (χ3v) is 18.6. The first-order valence-corrected chi connectivity index (χ1v) is 27.3. The van der Waals surface area contributed by atoms with Crippen LogP contribution in [0.2, 0.25) is 0 Å². The van der Waals surface area contributed by atoms with Crippen LogP contribution in [0.4, 0.5) is 34.1 Å². The molecule has 0 unspecified atom stereocenters. The van der Waals surface area contributed by atoms with Gasteiger partial charge in [0.05, 0.1) is 0 Å². The standard InChI is InChI=1S/C70H61BN2O2/c1-67(2)30-31-68(3,4)53-39-47(25-26-52(53)67)73-59-41-55-54(69(5,6)32-33-70(55,7)8)40-57(59)71-56-27-22-44(42-23-28-64-50(34-42)48-18-12-14-20-62(48)74-64)36-58(56)72(46-16-10-9-11-17-46)60-37-45(38-61(73)66(60)71)43-24-29-65-51(35-43)49-19-13-15-21-63(49)75-65/h9-29,34-41H,30-33H2,1-8H3. The SMILES string of the molecule is CC1(C)CCC(C)(C)c2cc(N3c4cc5c(cc4B4c6ccc(-c7ccc8oc9ccccc9c8c7)cc6N(c6ccccc6)c6cc(-c7ccc8oc9ccccc9c8c7)cc3c64)C(C)(C)CCC5(C)C)ccc21. The maximum absolute atomic E-state index is 6.45. The van der Waals surface area contributed by atoms with Crippen molar-refractivity contribution in [2.75, 3.05) is 9.80 Å². The fourth-order valence-electron chi connectivity index (χ4n) is 14.1. The Kier molecular flexibility index (Phi) is 9.19. The van der Waals surface area contributed by atoms with Crippen molar-refractivity contribution in [3.8, 4) is 22.3 Å². The van der Waals surface area contributed by atoms with Gasteiger partial charge in [-0.15, -0.1) is 0 Å².